The van der Waals surface area contributed by atoms with Crippen molar-refractivity contribution in [3.8, 4) is 0 Å². The van der Waals surface area contributed by atoms with Crippen LogP contribution in [0, 0.1) is 11.6 Å². The molecule has 0 bridgehead atoms. The number of carbonyl (C=O) groups excluding carboxylic acids is 1. The highest BCUT2D eigenvalue weighted by Gasteiger charge is 2.17. The molecule has 0 saturated carbocycles. The topological polar surface area (TPSA) is 42.0 Å². The Balaban J connectivity index is 1.73. The zero-order valence-electron chi connectivity index (χ0n) is 13.9. The van der Waals surface area contributed by atoms with E-state index in [9.17, 15) is 13.6 Å². The summed E-state index contributed by atoms with van der Waals surface area (Å²) in [7, 11) is 0. The molecule has 1 heterocycles. The number of benzene rings is 2. The highest BCUT2D eigenvalue weighted by molar-refractivity contribution is 7.98. The zero-order valence-corrected chi connectivity index (χ0v) is 15.5. The molecule has 1 unspecified atom stereocenters. The smallest absolute Gasteiger partial charge is 0.252 e. The lowest BCUT2D eigenvalue weighted by atomic mass is 10.1. The predicted octanol–water partition coefficient (Wildman–Crippen LogP) is 5.20. The zero-order chi connectivity index (χ0) is 18.5. The van der Waals surface area contributed by atoms with Crippen LogP contribution in [0.2, 0.25) is 0 Å². The maximum Gasteiger partial charge on any atom is 0.252 e. The summed E-state index contributed by atoms with van der Waals surface area (Å²) in [6.07, 6.45) is 0. The van der Waals surface area contributed by atoms with Gasteiger partial charge in [-0.25, -0.2) is 13.8 Å². The van der Waals surface area contributed by atoms with Gasteiger partial charge < -0.3 is 5.32 Å². The van der Waals surface area contributed by atoms with E-state index in [4.69, 9.17) is 0 Å². The molecule has 1 aromatic heterocycles. The molecular formula is C19H16F2N2OS2. The third kappa shape index (κ3) is 4.47. The molecule has 3 rings (SSSR count). The third-order valence-electron chi connectivity index (χ3n) is 3.77. The number of amides is 1. The minimum atomic E-state index is -0.677. The molecule has 7 heteroatoms. The van der Waals surface area contributed by atoms with E-state index in [0.29, 0.717) is 11.3 Å². The van der Waals surface area contributed by atoms with Gasteiger partial charge in [0.25, 0.3) is 5.91 Å². The van der Waals surface area contributed by atoms with Crippen LogP contribution >= 0.6 is 23.1 Å². The van der Waals surface area contributed by atoms with E-state index in [1.165, 1.54) is 35.2 Å². The molecule has 2 aromatic carbocycles. The van der Waals surface area contributed by atoms with Gasteiger partial charge in [-0.15, -0.1) is 23.1 Å². The maximum absolute atomic E-state index is 13.9. The minimum absolute atomic E-state index is 0.243. The van der Waals surface area contributed by atoms with Crippen LogP contribution in [0.5, 0.6) is 0 Å². The predicted molar refractivity (Wildman–Crippen MR) is 100 cm³/mol. The van der Waals surface area contributed by atoms with Crippen LogP contribution in [0.1, 0.15) is 34.6 Å². The average molecular weight is 390 g/mol. The molecule has 0 saturated heterocycles. The van der Waals surface area contributed by atoms with Gasteiger partial charge in [0.05, 0.1) is 22.8 Å². The SMILES string of the molecule is CC(NC(=O)c1ccccc1SCc1cscn1)c1ccc(F)cc1F. The third-order valence-corrected chi connectivity index (χ3v) is 5.51. The van der Waals surface area contributed by atoms with E-state index in [2.05, 4.69) is 10.3 Å². The van der Waals surface area contributed by atoms with Gasteiger partial charge >= 0.3 is 0 Å². The Morgan fingerprint density at radius 2 is 2.08 bits per heavy atom. The van der Waals surface area contributed by atoms with Gasteiger partial charge in [-0.05, 0) is 25.1 Å². The van der Waals surface area contributed by atoms with E-state index in [1.807, 2.05) is 17.5 Å². The van der Waals surface area contributed by atoms with Gasteiger partial charge in [-0.1, -0.05) is 18.2 Å². The number of hydrogen-bond donors (Lipinski definition) is 1. The molecule has 1 N–H and O–H groups in total. The molecule has 0 aliphatic heterocycles. The van der Waals surface area contributed by atoms with E-state index in [1.54, 1.807) is 24.6 Å². The summed E-state index contributed by atoms with van der Waals surface area (Å²) in [4.78, 5) is 17.7. The summed E-state index contributed by atoms with van der Waals surface area (Å²) in [6, 6.07) is 10.0. The molecule has 0 aliphatic rings. The summed E-state index contributed by atoms with van der Waals surface area (Å²) >= 11 is 3.05. The Hall–Kier alpha value is -2.25. The number of carbonyl (C=O) groups is 1. The Labute approximate surface area is 158 Å². The first-order chi connectivity index (χ1) is 12.5. The fourth-order valence-corrected chi connectivity index (χ4v) is 4.06. The molecule has 0 radical (unpaired) electrons. The van der Waals surface area contributed by atoms with Gasteiger partial charge in [0, 0.05) is 27.7 Å². The lowest BCUT2D eigenvalue weighted by molar-refractivity contribution is 0.0936. The van der Waals surface area contributed by atoms with Crippen molar-refractivity contribution in [1.29, 1.82) is 0 Å². The van der Waals surface area contributed by atoms with E-state index < -0.39 is 17.7 Å². The second kappa shape index (κ2) is 8.42. The van der Waals surface area contributed by atoms with Gasteiger partial charge in [0.2, 0.25) is 0 Å². The molecule has 0 fully saturated rings. The van der Waals surface area contributed by atoms with Crippen molar-refractivity contribution < 1.29 is 13.6 Å². The van der Waals surface area contributed by atoms with Crippen LogP contribution in [0.4, 0.5) is 8.78 Å². The summed E-state index contributed by atoms with van der Waals surface area (Å²) < 4.78 is 27.0. The first-order valence-corrected chi connectivity index (χ1v) is 9.82. The Kier molecular flexibility index (Phi) is 6.00. The van der Waals surface area contributed by atoms with E-state index in [-0.39, 0.29) is 11.5 Å². The van der Waals surface area contributed by atoms with Crippen LogP contribution in [-0.4, -0.2) is 10.9 Å². The summed E-state index contributed by atoms with van der Waals surface area (Å²) in [5, 5.41) is 4.75. The van der Waals surface area contributed by atoms with E-state index in [0.717, 1.165) is 16.7 Å². The maximum atomic E-state index is 13.9. The molecule has 134 valence electrons. The van der Waals surface area contributed by atoms with Crippen LogP contribution in [-0.2, 0) is 5.75 Å². The molecule has 0 aliphatic carbocycles. The fourth-order valence-electron chi connectivity index (χ4n) is 2.45. The standard InChI is InChI=1S/C19H16F2N2OS2/c1-12(15-7-6-13(20)8-17(15)21)23-19(24)16-4-2-3-5-18(16)26-10-14-9-25-11-22-14/h2-9,11-12H,10H2,1H3,(H,23,24). The quantitative estimate of drug-likeness (QED) is 0.588. The molecule has 26 heavy (non-hydrogen) atoms. The van der Waals surface area contributed by atoms with Crippen molar-refractivity contribution in [1.82, 2.24) is 10.3 Å². The number of nitrogens with zero attached hydrogens (tertiary/aromatic N) is 1. The van der Waals surface area contributed by atoms with Crippen molar-refractivity contribution in [3.63, 3.8) is 0 Å². The first kappa shape index (κ1) is 18.5. The Bertz CT molecular complexity index is 900. The Morgan fingerprint density at radius 3 is 2.81 bits per heavy atom. The molecule has 1 atom stereocenters. The largest absolute Gasteiger partial charge is 0.345 e. The normalized spacial score (nSPS) is 12.0. The number of halogens is 2. The monoisotopic (exact) mass is 390 g/mol. The van der Waals surface area contributed by atoms with E-state index >= 15 is 0 Å². The van der Waals surface area contributed by atoms with Gasteiger partial charge in [0.15, 0.2) is 0 Å². The number of rotatable bonds is 6. The van der Waals surface area contributed by atoms with Gasteiger partial charge in [0.1, 0.15) is 11.6 Å². The minimum Gasteiger partial charge on any atom is -0.345 e. The van der Waals surface area contributed by atoms with Crippen molar-refractivity contribution in [2.24, 2.45) is 0 Å². The molecule has 1 amide bonds. The number of thioether (sulfide) groups is 1. The van der Waals surface area contributed by atoms with Crippen molar-refractivity contribution in [2.75, 3.05) is 0 Å². The second-order valence-corrected chi connectivity index (χ2v) is 7.36. The van der Waals surface area contributed by atoms with Crippen LogP contribution in [0.3, 0.4) is 0 Å². The Morgan fingerprint density at radius 1 is 1.27 bits per heavy atom. The first-order valence-electron chi connectivity index (χ1n) is 7.89. The highest BCUT2D eigenvalue weighted by atomic mass is 32.2. The summed E-state index contributed by atoms with van der Waals surface area (Å²) in [6.45, 7) is 1.67. The fraction of sp³-hybridized carbons (Fsp3) is 0.158. The molecule has 0 spiro atoms. The van der Waals surface area contributed by atoms with Gasteiger partial charge in [-0.2, -0.15) is 0 Å². The van der Waals surface area contributed by atoms with Crippen LogP contribution < -0.4 is 5.32 Å². The number of aromatic nitrogens is 1. The summed E-state index contributed by atoms with van der Waals surface area (Å²) in [5.74, 6) is -0.962. The van der Waals surface area contributed by atoms with Crippen LogP contribution in [0.15, 0.2) is 58.3 Å². The molecule has 3 aromatic rings. The van der Waals surface area contributed by atoms with Crippen molar-refractivity contribution in [2.45, 2.75) is 23.6 Å². The van der Waals surface area contributed by atoms with Gasteiger partial charge in [-0.3, -0.25) is 4.79 Å². The lowest BCUT2D eigenvalue weighted by Gasteiger charge is -2.16. The molecular weight excluding hydrogens is 374 g/mol. The lowest BCUT2D eigenvalue weighted by Crippen LogP contribution is -2.27. The number of thiazole rings is 1. The number of hydrogen-bond acceptors (Lipinski definition) is 4. The van der Waals surface area contributed by atoms with Crippen molar-refractivity contribution >= 4 is 29.0 Å². The summed E-state index contributed by atoms with van der Waals surface area (Å²) in [5.41, 5.74) is 3.49. The molecule has 3 nitrogen and oxygen atoms in total. The highest BCUT2D eigenvalue weighted by Crippen LogP contribution is 2.27. The second-order valence-electron chi connectivity index (χ2n) is 5.63. The number of nitrogens with one attached hydrogen (secondary N) is 1. The van der Waals surface area contributed by atoms with Crippen LogP contribution in [0.25, 0.3) is 0 Å². The van der Waals surface area contributed by atoms with Crippen molar-refractivity contribution in [3.05, 3.63) is 81.8 Å². The average Bonchev–Trinajstić information content (AvgIpc) is 3.13.